The molecule has 6 rings (SSSR count). The van der Waals surface area contributed by atoms with Crippen molar-refractivity contribution in [3.05, 3.63) is 77.9 Å². The maximum absolute atomic E-state index is 11.9. The molecular formula is C30H29N7O3. The standard InChI is InChI=1S/C30H29N7O3/c1-5-37-17-22(16-32-37)18-6-8-19(9-7-18)28-26-24(35-36(28)2)13-11-21-15-31-30(34-27(21)26)33-23-12-10-20(29(38)40-4)14-25(23)39-3/h6-10,12,14-17H,5,11,13H2,1-4H3,(H,31,33,34). The zero-order valence-electron chi connectivity index (χ0n) is 22.8. The molecule has 0 amide bonds. The van der Waals surface area contributed by atoms with E-state index in [1.807, 2.05) is 28.8 Å². The number of rotatable bonds is 7. The number of methoxy groups -OCH3 is 2. The van der Waals surface area contributed by atoms with Gasteiger partial charge in [0.05, 0.1) is 48.7 Å². The zero-order valence-corrected chi connectivity index (χ0v) is 22.8. The van der Waals surface area contributed by atoms with E-state index in [0.29, 0.717) is 22.9 Å². The number of ether oxygens (including phenoxy) is 2. The number of aryl methyl sites for hydroxylation is 4. The first-order chi connectivity index (χ1) is 19.5. The number of esters is 1. The molecule has 0 fully saturated rings. The first kappa shape index (κ1) is 25.3. The van der Waals surface area contributed by atoms with E-state index in [1.165, 1.54) is 7.11 Å². The lowest BCUT2D eigenvalue weighted by Crippen LogP contribution is -2.09. The van der Waals surface area contributed by atoms with Gasteiger partial charge in [-0.15, -0.1) is 0 Å². The smallest absolute Gasteiger partial charge is 0.337 e. The van der Waals surface area contributed by atoms with Crippen LogP contribution >= 0.6 is 0 Å². The van der Waals surface area contributed by atoms with Gasteiger partial charge in [0.15, 0.2) is 0 Å². The van der Waals surface area contributed by atoms with Crippen molar-refractivity contribution < 1.29 is 14.3 Å². The Morgan fingerprint density at radius 2 is 1.82 bits per heavy atom. The second-order valence-electron chi connectivity index (χ2n) is 9.56. The molecule has 1 aliphatic carbocycles. The minimum absolute atomic E-state index is 0.395. The van der Waals surface area contributed by atoms with Crippen LogP contribution in [-0.2, 0) is 31.2 Å². The van der Waals surface area contributed by atoms with Gasteiger partial charge in [-0.25, -0.2) is 14.8 Å². The van der Waals surface area contributed by atoms with Gasteiger partial charge in [-0.2, -0.15) is 10.2 Å². The number of anilines is 2. The number of nitrogens with zero attached hydrogens (tertiary/aromatic N) is 6. The highest BCUT2D eigenvalue weighted by atomic mass is 16.5. The summed E-state index contributed by atoms with van der Waals surface area (Å²) in [4.78, 5) is 21.5. The molecule has 5 aromatic rings. The fourth-order valence-corrected chi connectivity index (χ4v) is 5.12. The van der Waals surface area contributed by atoms with E-state index in [4.69, 9.17) is 19.6 Å². The van der Waals surface area contributed by atoms with E-state index in [9.17, 15) is 4.79 Å². The van der Waals surface area contributed by atoms with Gasteiger partial charge in [-0.1, -0.05) is 24.3 Å². The number of hydrogen-bond donors (Lipinski definition) is 1. The summed E-state index contributed by atoms with van der Waals surface area (Å²) in [5, 5.41) is 12.5. The Labute approximate surface area is 231 Å². The molecule has 40 heavy (non-hydrogen) atoms. The van der Waals surface area contributed by atoms with Crippen molar-refractivity contribution in [1.29, 1.82) is 0 Å². The maximum atomic E-state index is 11.9. The fourth-order valence-electron chi connectivity index (χ4n) is 5.12. The molecule has 0 unspecified atom stereocenters. The topological polar surface area (TPSA) is 109 Å². The maximum Gasteiger partial charge on any atom is 0.337 e. The van der Waals surface area contributed by atoms with E-state index in [1.54, 1.807) is 25.3 Å². The van der Waals surface area contributed by atoms with Crippen LogP contribution in [0.2, 0.25) is 0 Å². The Morgan fingerprint density at radius 1 is 1.02 bits per heavy atom. The van der Waals surface area contributed by atoms with Crippen LogP contribution in [0.1, 0.15) is 28.5 Å². The normalized spacial score (nSPS) is 12.0. The van der Waals surface area contributed by atoms with Gasteiger partial charge < -0.3 is 14.8 Å². The van der Waals surface area contributed by atoms with Gasteiger partial charge >= 0.3 is 5.97 Å². The number of nitrogens with one attached hydrogen (secondary N) is 1. The average molecular weight is 536 g/mol. The van der Waals surface area contributed by atoms with Gasteiger partial charge in [0, 0.05) is 42.7 Å². The molecule has 202 valence electrons. The number of hydrogen-bond acceptors (Lipinski definition) is 8. The number of fused-ring (bicyclic) bond motifs is 3. The Hall–Kier alpha value is -4.99. The van der Waals surface area contributed by atoms with Crippen molar-refractivity contribution in [3.8, 4) is 39.4 Å². The summed E-state index contributed by atoms with van der Waals surface area (Å²) in [5.41, 5.74) is 9.28. The van der Waals surface area contributed by atoms with Crippen molar-refractivity contribution >= 4 is 17.6 Å². The lowest BCUT2D eigenvalue weighted by molar-refractivity contribution is 0.0600. The molecule has 0 saturated carbocycles. The van der Waals surface area contributed by atoms with Gasteiger partial charge in [-0.3, -0.25) is 9.36 Å². The molecule has 0 atom stereocenters. The summed E-state index contributed by atoms with van der Waals surface area (Å²) in [5.74, 6) is 0.473. The number of aromatic nitrogens is 6. The van der Waals surface area contributed by atoms with Gasteiger partial charge in [0.2, 0.25) is 5.95 Å². The third-order valence-electron chi connectivity index (χ3n) is 7.17. The first-order valence-corrected chi connectivity index (χ1v) is 13.1. The highest BCUT2D eigenvalue weighted by Gasteiger charge is 2.27. The molecule has 10 heteroatoms. The van der Waals surface area contributed by atoms with Crippen molar-refractivity contribution in [3.63, 3.8) is 0 Å². The van der Waals surface area contributed by atoms with Gasteiger partial charge in [0.25, 0.3) is 0 Å². The Balaban J connectivity index is 1.36. The van der Waals surface area contributed by atoms with Crippen LogP contribution in [-0.4, -0.2) is 49.7 Å². The van der Waals surface area contributed by atoms with Crippen LogP contribution in [0.15, 0.2) is 61.1 Å². The van der Waals surface area contributed by atoms with Crippen LogP contribution in [0.25, 0.3) is 33.6 Å². The molecular weight excluding hydrogens is 506 g/mol. The van der Waals surface area contributed by atoms with Crippen LogP contribution < -0.4 is 10.1 Å². The number of carbonyl (C=O) groups excluding carboxylic acids is 1. The van der Waals surface area contributed by atoms with Crippen LogP contribution in [0, 0.1) is 0 Å². The van der Waals surface area contributed by atoms with Crippen LogP contribution in [0.4, 0.5) is 11.6 Å². The molecule has 1 N–H and O–H groups in total. The lowest BCUT2D eigenvalue weighted by atomic mass is 9.91. The van der Waals surface area contributed by atoms with Gasteiger partial charge in [0.1, 0.15) is 5.75 Å². The average Bonchev–Trinajstić information content (AvgIpc) is 3.61. The molecule has 2 aromatic carbocycles. The van der Waals surface area contributed by atoms with Crippen molar-refractivity contribution in [1.82, 2.24) is 29.5 Å². The second-order valence-corrected chi connectivity index (χ2v) is 9.56. The lowest BCUT2D eigenvalue weighted by Gasteiger charge is -2.18. The fraction of sp³-hybridized carbons (Fsp3) is 0.233. The molecule has 0 bridgehead atoms. The SMILES string of the molecule is CCn1cc(-c2ccc(-c3c4c(nn3C)CCc3cnc(Nc5ccc(C(=O)OC)cc5OC)nc3-4)cc2)cn1. The third-order valence-corrected chi connectivity index (χ3v) is 7.17. The van der Waals surface area contributed by atoms with Gasteiger partial charge in [-0.05, 0) is 49.1 Å². The van der Waals surface area contributed by atoms with Crippen molar-refractivity contribution in [2.24, 2.45) is 7.05 Å². The molecule has 0 saturated heterocycles. The predicted molar refractivity (Wildman–Crippen MR) is 152 cm³/mol. The second kappa shape index (κ2) is 10.3. The molecule has 0 radical (unpaired) electrons. The highest BCUT2D eigenvalue weighted by molar-refractivity contribution is 5.91. The molecule has 3 aromatic heterocycles. The summed E-state index contributed by atoms with van der Waals surface area (Å²) in [6.45, 7) is 2.91. The largest absolute Gasteiger partial charge is 0.495 e. The molecule has 1 aliphatic rings. The van der Waals surface area contributed by atoms with Crippen molar-refractivity contribution in [2.75, 3.05) is 19.5 Å². The summed E-state index contributed by atoms with van der Waals surface area (Å²) >= 11 is 0. The summed E-state index contributed by atoms with van der Waals surface area (Å²) in [6.07, 6.45) is 7.46. The van der Waals surface area contributed by atoms with E-state index in [2.05, 4.69) is 52.8 Å². The number of carbonyl (C=O) groups is 1. The van der Waals surface area contributed by atoms with Crippen molar-refractivity contribution in [2.45, 2.75) is 26.3 Å². The van der Waals surface area contributed by atoms with E-state index in [-0.39, 0.29) is 0 Å². The minimum Gasteiger partial charge on any atom is -0.495 e. The summed E-state index contributed by atoms with van der Waals surface area (Å²) in [7, 11) is 4.87. The summed E-state index contributed by atoms with van der Waals surface area (Å²) in [6, 6.07) is 13.5. The van der Waals surface area contributed by atoms with E-state index in [0.717, 1.165) is 64.3 Å². The Bertz CT molecular complexity index is 1720. The zero-order chi connectivity index (χ0) is 27.8. The monoisotopic (exact) mass is 535 g/mol. The number of benzene rings is 2. The summed E-state index contributed by atoms with van der Waals surface area (Å²) < 4.78 is 14.2. The quantitative estimate of drug-likeness (QED) is 0.288. The minimum atomic E-state index is -0.435. The Morgan fingerprint density at radius 3 is 2.55 bits per heavy atom. The van der Waals surface area contributed by atoms with E-state index < -0.39 is 5.97 Å². The molecule has 0 spiro atoms. The van der Waals surface area contributed by atoms with Crippen LogP contribution in [0.3, 0.4) is 0 Å². The van der Waals surface area contributed by atoms with Crippen LogP contribution in [0.5, 0.6) is 5.75 Å². The van der Waals surface area contributed by atoms with E-state index >= 15 is 0 Å². The molecule has 10 nitrogen and oxygen atoms in total. The predicted octanol–water partition coefficient (Wildman–Crippen LogP) is 5.06. The first-order valence-electron chi connectivity index (χ1n) is 13.1. The molecule has 0 aliphatic heterocycles. The highest BCUT2D eigenvalue weighted by Crippen LogP contribution is 2.40. The third kappa shape index (κ3) is 4.47. The molecule has 3 heterocycles. The Kier molecular flexibility index (Phi) is 6.51.